The summed E-state index contributed by atoms with van der Waals surface area (Å²) >= 11 is 6.18. The van der Waals surface area contributed by atoms with Gasteiger partial charge in [0.15, 0.2) is 0 Å². The fraction of sp³-hybridized carbons (Fsp3) is 0.609. The Balaban J connectivity index is 1.61. The van der Waals surface area contributed by atoms with Crippen LogP contribution in [0.5, 0.6) is 0 Å². The number of carbonyl (C=O) groups is 1. The van der Waals surface area contributed by atoms with Crippen LogP contribution in [0, 0.1) is 6.92 Å². The van der Waals surface area contributed by atoms with Crippen LogP contribution in [-0.4, -0.2) is 44.6 Å². The monoisotopic (exact) mass is 416 g/mol. The van der Waals surface area contributed by atoms with Crippen LogP contribution in [0.2, 0.25) is 5.02 Å². The molecule has 1 saturated carbocycles. The molecule has 0 amide bonds. The molecule has 3 rings (SSSR count). The number of halogens is 1. The Morgan fingerprint density at radius 3 is 2.48 bits per heavy atom. The van der Waals surface area contributed by atoms with Gasteiger partial charge in [0.2, 0.25) is 0 Å². The average molecular weight is 417 g/mol. The van der Waals surface area contributed by atoms with E-state index in [1.807, 2.05) is 25.1 Å². The zero-order chi connectivity index (χ0) is 21.2. The van der Waals surface area contributed by atoms with E-state index in [1.54, 1.807) is 0 Å². The molecular formula is C23H33ClN4O. The summed E-state index contributed by atoms with van der Waals surface area (Å²) in [6.07, 6.45) is 4.81. The summed E-state index contributed by atoms with van der Waals surface area (Å²) in [5.74, 6) is 2.23. The van der Waals surface area contributed by atoms with E-state index in [9.17, 15) is 4.79 Å². The standard InChI is InChI=1S/C23H33ClN4O/c1-16-17(7-6-8-20(16)24)15-19(29)11-12-21-25-26-22(28(21)18-9-10-18)13-14-27(5)23(2,3)4/h6-8,18H,9-15H2,1-5H3. The Labute approximate surface area is 179 Å². The van der Waals surface area contributed by atoms with Crippen LogP contribution >= 0.6 is 11.6 Å². The van der Waals surface area contributed by atoms with Gasteiger partial charge in [-0.05, 0) is 64.8 Å². The molecule has 6 heteroatoms. The smallest absolute Gasteiger partial charge is 0.137 e. The quantitative estimate of drug-likeness (QED) is 0.599. The number of ketones is 1. The second-order valence-corrected chi connectivity index (χ2v) is 9.62. The van der Waals surface area contributed by atoms with Gasteiger partial charge in [0.25, 0.3) is 0 Å². The molecule has 0 aliphatic heterocycles. The van der Waals surface area contributed by atoms with Gasteiger partial charge in [-0.3, -0.25) is 4.79 Å². The topological polar surface area (TPSA) is 51.0 Å². The molecule has 1 fully saturated rings. The fourth-order valence-electron chi connectivity index (χ4n) is 3.45. The molecule has 0 atom stereocenters. The zero-order valence-electron chi connectivity index (χ0n) is 18.3. The van der Waals surface area contributed by atoms with Gasteiger partial charge in [0.1, 0.15) is 17.4 Å². The summed E-state index contributed by atoms with van der Waals surface area (Å²) in [6.45, 7) is 9.57. The van der Waals surface area contributed by atoms with Crippen molar-refractivity contribution in [1.29, 1.82) is 0 Å². The fourth-order valence-corrected chi connectivity index (χ4v) is 3.65. The lowest BCUT2D eigenvalue weighted by Gasteiger charge is -2.31. The number of benzene rings is 1. The molecule has 0 bridgehead atoms. The lowest BCUT2D eigenvalue weighted by Crippen LogP contribution is -2.39. The van der Waals surface area contributed by atoms with Crippen LogP contribution in [0.4, 0.5) is 0 Å². The maximum Gasteiger partial charge on any atom is 0.137 e. The van der Waals surface area contributed by atoms with Gasteiger partial charge < -0.3 is 9.47 Å². The first-order valence-corrected chi connectivity index (χ1v) is 10.9. The maximum atomic E-state index is 12.6. The predicted molar refractivity (Wildman–Crippen MR) is 118 cm³/mol. The number of hydrogen-bond acceptors (Lipinski definition) is 4. The molecule has 1 aliphatic rings. The van der Waals surface area contributed by atoms with Crippen molar-refractivity contribution in [3.05, 3.63) is 46.0 Å². The lowest BCUT2D eigenvalue weighted by molar-refractivity contribution is -0.118. The van der Waals surface area contributed by atoms with Crippen LogP contribution in [0.25, 0.3) is 0 Å². The number of nitrogens with zero attached hydrogens (tertiary/aromatic N) is 4. The van der Waals surface area contributed by atoms with Crippen molar-refractivity contribution >= 4 is 17.4 Å². The molecular weight excluding hydrogens is 384 g/mol. The van der Waals surface area contributed by atoms with Crippen LogP contribution in [0.15, 0.2) is 18.2 Å². The minimum atomic E-state index is 0.137. The Morgan fingerprint density at radius 2 is 1.86 bits per heavy atom. The highest BCUT2D eigenvalue weighted by atomic mass is 35.5. The summed E-state index contributed by atoms with van der Waals surface area (Å²) in [5, 5.41) is 9.64. The minimum absolute atomic E-state index is 0.137. The van der Waals surface area contributed by atoms with Crippen molar-refractivity contribution in [2.24, 2.45) is 0 Å². The van der Waals surface area contributed by atoms with Crippen molar-refractivity contribution in [2.45, 2.75) is 77.8 Å². The van der Waals surface area contributed by atoms with Gasteiger partial charge in [-0.25, -0.2) is 0 Å². The molecule has 0 saturated heterocycles. The number of aromatic nitrogens is 3. The molecule has 29 heavy (non-hydrogen) atoms. The van der Waals surface area contributed by atoms with Crippen molar-refractivity contribution < 1.29 is 4.79 Å². The zero-order valence-corrected chi connectivity index (χ0v) is 19.1. The number of carbonyl (C=O) groups excluding carboxylic acids is 1. The molecule has 5 nitrogen and oxygen atoms in total. The van der Waals surface area contributed by atoms with E-state index >= 15 is 0 Å². The molecule has 1 aromatic heterocycles. The number of likely N-dealkylation sites (N-methyl/N-ethyl adjacent to an activating group) is 1. The van der Waals surface area contributed by atoms with Crippen molar-refractivity contribution in [2.75, 3.05) is 13.6 Å². The average Bonchev–Trinajstić information content (AvgIpc) is 3.41. The van der Waals surface area contributed by atoms with E-state index in [4.69, 9.17) is 11.6 Å². The van der Waals surface area contributed by atoms with E-state index in [2.05, 4.69) is 47.5 Å². The van der Waals surface area contributed by atoms with Gasteiger partial charge in [0, 0.05) is 48.8 Å². The van der Waals surface area contributed by atoms with Gasteiger partial charge >= 0.3 is 0 Å². The number of Topliss-reactive ketones (excluding diaryl/α,β-unsaturated/α-hetero) is 1. The highest BCUT2D eigenvalue weighted by Crippen LogP contribution is 2.37. The highest BCUT2D eigenvalue weighted by Gasteiger charge is 2.29. The third-order valence-electron chi connectivity index (χ3n) is 5.96. The van der Waals surface area contributed by atoms with Gasteiger partial charge in [-0.15, -0.1) is 10.2 Å². The first kappa shape index (κ1) is 22.0. The molecule has 2 aromatic rings. The number of rotatable bonds is 9. The molecule has 0 radical (unpaired) electrons. The molecule has 0 N–H and O–H groups in total. The molecule has 158 valence electrons. The number of aryl methyl sites for hydroxylation is 1. The summed E-state index contributed by atoms with van der Waals surface area (Å²) in [6, 6.07) is 6.26. The van der Waals surface area contributed by atoms with E-state index < -0.39 is 0 Å². The molecule has 1 heterocycles. The first-order valence-electron chi connectivity index (χ1n) is 10.6. The predicted octanol–water partition coefficient (Wildman–Crippen LogP) is 4.59. The lowest BCUT2D eigenvalue weighted by atomic mass is 10.0. The highest BCUT2D eigenvalue weighted by molar-refractivity contribution is 6.31. The molecule has 1 aliphatic carbocycles. The first-order chi connectivity index (χ1) is 13.7. The van der Waals surface area contributed by atoms with Crippen molar-refractivity contribution in [3.63, 3.8) is 0 Å². The van der Waals surface area contributed by atoms with Crippen LogP contribution in [0.3, 0.4) is 0 Å². The maximum absolute atomic E-state index is 12.6. The van der Waals surface area contributed by atoms with Gasteiger partial charge in [-0.1, -0.05) is 23.7 Å². The second-order valence-electron chi connectivity index (χ2n) is 9.22. The molecule has 1 aromatic carbocycles. The second kappa shape index (κ2) is 8.97. The third-order valence-corrected chi connectivity index (χ3v) is 6.37. The van der Waals surface area contributed by atoms with Gasteiger partial charge in [0.05, 0.1) is 0 Å². The summed E-state index contributed by atoms with van der Waals surface area (Å²) in [4.78, 5) is 14.9. The summed E-state index contributed by atoms with van der Waals surface area (Å²) in [7, 11) is 2.15. The number of hydrogen-bond donors (Lipinski definition) is 0. The Morgan fingerprint density at radius 1 is 1.21 bits per heavy atom. The normalized spacial score (nSPS) is 14.6. The van der Waals surface area contributed by atoms with Crippen LogP contribution in [-0.2, 0) is 24.1 Å². The Kier molecular flexibility index (Phi) is 6.79. The van der Waals surface area contributed by atoms with E-state index in [1.165, 1.54) is 12.8 Å². The van der Waals surface area contributed by atoms with E-state index in [0.29, 0.717) is 30.3 Å². The summed E-state index contributed by atoms with van der Waals surface area (Å²) in [5.41, 5.74) is 2.14. The largest absolute Gasteiger partial charge is 0.312 e. The van der Waals surface area contributed by atoms with Crippen LogP contribution in [0.1, 0.15) is 68.9 Å². The molecule has 0 spiro atoms. The third kappa shape index (κ3) is 5.67. The van der Waals surface area contributed by atoms with Crippen molar-refractivity contribution in [3.8, 4) is 0 Å². The van der Waals surface area contributed by atoms with E-state index in [-0.39, 0.29) is 11.3 Å². The SMILES string of the molecule is Cc1c(Cl)cccc1CC(=O)CCc1nnc(CCN(C)C(C)(C)C)n1C1CC1. The van der Waals surface area contributed by atoms with Crippen molar-refractivity contribution in [1.82, 2.24) is 19.7 Å². The molecule has 0 unspecified atom stereocenters. The van der Waals surface area contributed by atoms with Crippen LogP contribution < -0.4 is 0 Å². The van der Waals surface area contributed by atoms with Gasteiger partial charge in [-0.2, -0.15) is 0 Å². The summed E-state index contributed by atoms with van der Waals surface area (Å²) < 4.78 is 2.30. The minimum Gasteiger partial charge on any atom is -0.312 e. The Hall–Kier alpha value is -1.72. The van der Waals surface area contributed by atoms with E-state index in [0.717, 1.165) is 35.7 Å². The Bertz CT molecular complexity index is 864.